The van der Waals surface area contributed by atoms with E-state index in [-0.39, 0.29) is 0 Å². The van der Waals surface area contributed by atoms with Crippen molar-refractivity contribution >= 4 is 17.6 Å². The second-order valence-electron chi connectivity index (χ2n) is 4.77. The first-order chi connectivity index (χ1) is 9.61. The third-order valence-electron chi connectivity index (χ3n) is 3.39. The lowest BCUT2D eigenvalue weighted by atomic mass is 9.99. The van der Waals surface area contributed by atoms with Crippen molar-refractivity contribution in [3.05, 3.63) is 70.8 Å². The van der Waals surface area contributed by atoms with Crippen molar-refractivity contribution in [2.24, 2.45) is 0 Å². The van der Waals surface area contributed by atoms with Gasteiger partial charge in [-0.1, -0.05) is 55.5 Å². The van der Waals surface area contributed by atoms with Crippen LogP contribution < -0.4 is 0 Å². The van der Waals surface area contributed by atoms with E-state index in [2.05, 4.69) is 6.92 Å². The van der Waals surface area contributed by atoms with Crippen molar-refractivity contribution in [1.29, 1.82) is 0 Å². The maximum atomic E-state index is 11.5. The molecule has 0 saturated carbocycles. The zero-order chi connectivity index (χ0) is 14.5. The predicted molar refractivity (Wildman–Crippen MR) is 82.5 cm³/mol. The first kappa shape index (κ1) is 14.1. The molecule has 0 aliphatic rings. The Kier molecular flexibility index (Phi) is 4.36. The monoisotopic (exact) mass is 266 g/mol. The Balaban J connectivity index is 2.46. The van der Waals surface area contributed by atoms with Gasteiger partial charge in [-0.2, -0.15) is 0 Å². The quantitative estimate of drug-likeness (QED) is 0.665. The van der Waals surface area contributed by atoms with Crippen molar-refractivity contribution in [2.75, 3.05) is 0 Å². The smallest absolute Gasteiger partial charge is 0.336 e. The average Bonchev–Trinajstić information content (AvgIpc) is 2.46. The molecule has 0 amide bonds. The molecule has 0 unspecified atom stereocenters. The van der Waals surface area contributed by atoms with Crippen LogP contribution in [0.15, 0.2) is 48.5 Å². The minimum atomic E-state index is -0.905. The minimum Gasteiger partial charge on any atom is -0.478 e. The van der Waals surface area contributed by atoms with Crippen LogP contribution in [0.2, 0.25) is 0 Å². The van der Waals surface area contributed by atoms with Crippen LogP contribution in [0.5, 0.6) is 0 Å². The SMILES string of the molecule is CCc1ccc(/C(=C/c2ccccc2C)C(=O)O)cc1. The number of carboxylic acid groups (broad SMARTS) is 1. The maximum absolute atomic E-state index is 11.5. The fourth-order valence-corrected chi connectivity index (χ4v) is 2.09. The van der Waals surface area contributed by atoms with Gasteiger partial charge in [-0.05, 0) is 41.7 Å². The molecule has 0 aromatic heterocycles. The third kappa shape index (κ3) is 3.15. The molecular formula is C18H18O2. The molecule has 20 heavy (non-hydrogen) atoms. The van der Waals surface area contributed by atoms with Gasteiger partial charge in [0.25, 0.3) is 0 Å². The van der Waals surface area contributed by atoms with Crippen LogP contribution in [-0.4, -0.2) is 11.1 Å². The van der Waals surface area contributed by atoms with Crippen LogP contribution in [0.1, 0.15) is 29.2 Å². The van der Waals surface area contributed by atoms with Crippen LogP contribution in [0.3, 0.4) is 0 Å². The van der Waals surface area contributed by atoms with Gasteiger partial charge in [0.2, 0.25) is 0 Å². The first-order valence-corrected chi connectivity index (χ1v) is 6.71. The molecule has 1 N–H and O–H groups in total. The Morgan fingerprint density at radius 3 is 2.30 bits per heavy atom. The normalized spacial score (nSPS) is 11.4. The molecule has 0 bridgehead atoms. The molecule has 0 spiro atoms. The number of rotatable bonds is 4. The summed E-state index contributed by atoms with van der Waals surface area (Å²) < 4.78 is 0. The van der Waals surface area contributed by atoms with Crippen LogP contribution in [0, 0.1) is 6.92 Å². The summed E-state index contributed by atoms with van der Waals surface area (Å²) in [5.74, 6) is -0.905. The average molecular weight is 266 g/mol. The molecule has 2 rings (SSSR count). The summed E-state index contributed by atoms with van der Waals surface area (Å²) in [6, 6.07) is 15.5. The van der Waals surface area contributed by atoms with E-state index in [0.29, 0.717) is 5.57 Å². The Morgan fingerprint density at radius 2 is 1.75 bits per heavy atom. The lowest BCUT2D eigenvalue weighted by Crippen LogP contribution is -2.00. The number of aliphatic carboxylic acids is 1. The highest BCUT2D eigenvalue weighted by molar-refractivity contribution is 6.20. The lowest BCUT2D eigenvalue weighted by Gasteiger charge is -2.06. The number of carboxylic acids is 1. The lowest BCUT2D eigenvalue weighted by molar-refractivity contribution is -0.130. The molecule has 102 valence electrons. The van der Waals surface area contributed by atoms with E-state index in [1.54, 1.807) is 6.08 Å². The summed E-state index contributed by atoms with van der Waals surface area (Å²) in [4.78, 5) is 11.5. The highest BCUT2D eigenvalue weighted by Crippen LogP contribution is 2.21. The van der Waals surface area contributed by atoms with Crippen molar-refractivity contribution in [3.63, 3.8) is 0 Å². The summed E-state index contributed by atoms with van der Waals surface area (Å²) >= 11 is 0. The molecule has 2 aromatic carbocycles. The molecule has 2 aromatic rings. The van der Waals surface area contributed by atoms with E-state index in [9.17, 15) is 9.90 Å². The molecule has 0 aliphatic heterocycles. The van der Waals surface area contributed by atoms with E-state index < -0.39 is 5.97 Å². The van der Waals surface area contributed by atoms with E-state index in [0.717, 1.165) is 23.1 Å². The second kappa shape index (κ2) is 6.20. The molecule has 0 fully saturated rings. The molecular weight excluding hydrogens is 248 g/mol. The van der Waals surface area contributed by atoms with Gasteiger partial charge < -0.3 is 5.11 Å². The molecule has 0 aliphatic carbocycles. The Bertz CT molecular complexity index is 637. The van der Waals surface area contributed by atoms with Gasteiger partial charge in [-0.25, -0.2) is 4.79 Å². The van der Waals surface area contributed by atoms with Crippen LogP contribution >= 0.6 is 0 Å². The summed E-state index contributed by atoms with van der Waals surface area (Å²) in [5.41, 5.74) is 4.26. The fourth-order valence-electron chi connectivity index (χ4n) is 2.09. The van der Waals surface area contributed by atoms with Crippen molar-refractivity contribution in [1.82, 2.24) is 0 Å². The van der Waals surface area contributed by atoms with E-state index in [1.165, 1.54) is 5.56 Å². The number of carbonyl (C=O) groups is 1. The highest BCUT2D eigenvalue weighted by Gasteiger charge is 2.10. The zero-order valence-corrected chi connectivity index (χ0v) is 11.8. The van der Waals surface area contributed by atoms with Gasteiger partial charge in [0.15, 0.2) is 0 Å². The van der Waals surface area contributed by atoms with Crippen molar-refractivity contribution in [2.45, 2.75) is 20.3 Å². The van der Waals surface area contributed by atoms with Gasteiger partial charge in [-0.15, -0.1) is 0 Å². The van der Waals surface area contributed by atoms with Gasteiger partial charge >= 0.3 is 5.97 Å². The van der Waals surface area contributed by atoms with Crippen molar-refractivity contribution < 1.29 is 9.90 Å². The van der Waals surface area contributed by atoms with Gasteiger partial charge in [0.05, 0.1) is 5.57 Å². The predicted octanol–water partition coefficient (Wildman–Crippen LogP) is 4.18. The molecule has 0 saturated heterocycles. The number of aryl methyl sites for hydroxylation is 2. The van der Waals surface area contributed by atoms with E-state index in [1.807, 2.05) is 55.5 Å². The standard InChI is InChI=1S/C18H18O2/c1-3-14-8-10-15(11-9-14)17(18(19)20)12-16-7-5-4-6-13(16)2/h4-12H,3H2,1-2H3,(H,19,20)/b17-12-. The fraction of sp³-hybridized carbons (Fsp3) is 0.167. The molecule has 0 atom stereocenters. The van der Waals surface area contributed by atoms with Crippen LogP contribution in [0.4, 0.5) is 0 Å². The Hall–Kier alpha value is -2.35. The largest absolute Gasteiger partial charge is 0.478 e. The summed E-state index contributed by atoms with van der Waals surface area (Å²) in [5, 5.41) is 9.44. The third-order valence-corrected chi connectivity index (χ3v) is 3.39. The molecule has 0 radical (unpaired) electrons. The number of benzene rings is 2. The number of hydrogen-bond donors (Lipinski definition) is 1. The zero-order valence-electron chi connectivity index (χ0n) is 11.8. The van der Waals surface area contributed by atoms with Crippen LogP contribution in [-0.2, 0) is 11.2 Å². The second-order valence-corrected chi connectivity index (χ2v) is 4.77. The van der Waals surface area contributed by atoms with Gasteiger partial charge in [0, 0.05) is 0 Å². The van der Waals surface area contributed by atoms with Gasteiger partial charge in [-0.3, -0.25) is 0 Å². The highest BCUT2D eigenvalue weighted by atomic mass is 16.4. The van der Waals surface area contributed by atoms with E-state index in [4.69, 9.17) is 0 Å². The summed E-state index contributed by atoms with van der Waals surface area (Å²) in [6.07, 6.45) is 2.68. The summed E-state index contributed by atoms with van der Waals surface area (Å²) in [6.45, 7) is 4.06. The van der Waals surface area contributed by atoms with Crippen LogP contribution in [0.25, 0.3) is 11.6 Å². The molecule has 2 heteroatoms. The first-order valence-electron chi connectivity index (χ1n) is 6.71. The van der Waals surface area contributed by atoms with E-state index >= 15 is 0 Å². The van der Waals surface area contributed by atoms with Crippen molar-refractivity contribution in [3.8, 4) is 0 Å². The minimum absolute atomic E-state index is 0.321. The molecule has 0 heterocycles. The maximum Gasteiger partial charge on any atom is 0.336 e. The summed E-state index contributed by atoms with van der Waals surface area (Å²) in [7, 11) is 0. The Morgan fingerprint density at radius 1 is 1.10 bits per heavy atom. The van der Waals surface area contributed by atoms with Gasteiger partial charge in [0.1, 0.15) is 0 Å². The number of hydrogen-bond acceptors (Lipinski definition) is 1. The molecule has 2 nitrogen and oxygen atoms in total. The topological polar surface area (TPSA) is 37.3 Å². The Labute approximate surface area is 119 Å².